The second kappa shape index (κ2) is 6.95. The lowest BCUT2D eigenvalue weighted by molar-refractivity contribution is -0.118. The van der Waals surface area contributed by atoms with Gasteiger partial charge in [0.05, 0.1) is 12.1 Å². The molecule has 1 aromatic carbocycles. The summed E-state index contributed by atoms with van der Waals surface area (Å²) in [5, 5.41) is 3.84. The first-order valence-electron chi connectivity index (χ1n) is 7.22. The van der Waals surface area contributed by atoms with Gasteiger partial charge in [0.2, 0.25) is 11.9 Å². The molecule has 0 saturated carbocycles. The number of amides is 1. The summed E-state index contributed by atoms with van der Waals surface area (Å²) in [7, 11) is 0. The predicted molar refractivity (Wildman–Crippen MR) is 82.2 cm³/mol. The molecule has 3 rings (SSSR count). The number of benzene rings is 1. The van der Waals surface area contributed by atoms with E-state index in [9.17, 15) is 9.18 Å². The van der Waals surface area contributed by atoms with Crippen molar-refractivity contribution in [3.8, 4) is 0 Å². The van der Waals surface area contributed by atoms with E-state index in [4.69, 9.17) is 4.84 Å². The molecule has 0 radical (unpaired) electrons. The monoisotopic (exact) mass is 314 g/mol. The fraction of sp³-hybridized carbons (Fsp3) is 0.250. The van der Waals surface area contributed by atoms with Crippen molar-refractivity contribution in [2.75, 3.05) is 11.4 Å². The molecule has 1 aromatic heterocycles. The van der Waals surface area contributed by atoms with Gasteiger partial charge in [-0.1, -0.05) is 17.3 Å². The highest BCUT2D eigenvalue weighted by Crippen LogP contribution is 2.20. The van der Waals surface area contributed by atoms with E-state index in [1.165, 1.54) is 23.2 Å². The van der Waals surface area contributed by atoms with E-state index in [-0.39, 0.29) is 24.2 Å². The largest absolute Gasteiger partial charge is 0.391 e. The summed E-state index contributed by atoms with van der Waals surface area (Å²) in [6.07, 6.45) is 5.33. The molecule has 0 aliphatic carbocycles. The van der Waals surface area contributed by atoms with Crippen LogP contribution in [0.1, 0.15) is 12.0 Å². The molecule has 6 nitrogen and oxygen atoms in total. The summed E-state index contributed by atoms with van der Waals surface area (Å²) in [5.74, 6) is -0.324. The minimum Gasteiger partial charge on any atom is -0.391 e. The quantitative estimate of drug-likeness (QED) is 0.626. The molecule has 1 aliphatic rings. The van der Waals surface area contributed by atoms with Gasteiger partial charge in [0, 0.05) is 18.9 Å². The van der Waals surface area contributed by atoms with Crippen LogP contribution in [0.5, 0.6) is 0 Å². The third kappa shape index (κ3) is 3.68. The molecule has 23 heavy (non-hydrogen) atoms. The van der Waals surface area contributed by atoms with Crippen LogP contribution in [0.25, 0.3) is 0 Å². The molecule has 7 heteroatoms. The Labute approximate surface area is 132 Å². The van der Waals surface area contributed by atoms with Gasteiger partial charge in [0.15, 0.2) is 0 Å². The van der Waals surface area contributed by atoms with E-state index in [1.54, 1.807) is 30.6 Å². The van der Waals surface area contributed by atoms with Crippen LogP contribution in [-0.2, 0) is 16.2 Å². The Morgan fingerprint density at radius 3 is 2.78 bits per heavy atom. The molecular weight excluding hydrogens is 299 g/mol. The maximum absolute atomic E-state index is 12.8. The van der Waals surface area contributed by atoms with Gasteiger partial charge in [0.1, 0.15) is 12.4 Å². The van der Waals surface area contributed by atoms with Gasteiger partial charge in [-0.15, -0.1) is 0 Å². The SMILES string of the molecule is O=C1[C@H](/C=N\OCc2ccc(F)cc2)CCN1c1ncccn1. The summed E-state index contributed by atoms with van der Waals surface area (Å²) in [6.45, 7) is 0.778. The zero-order valence-corrected chi connectivity index (χ0v) is 12.3. The molecule has 2 heterocycles. The van der Waals surface area contributed by atoms with Crippen LogP contribution < -0.4 is 4.90 Å². The standard InChI is InChI=1S/C16H15FN4O2/c17-14-4-2-12(3-5-14)11-23-20-10-13-6-9-21(15(13)22)16-18-7-1-8-19-16/h1-5,7-8,10,13H,6,9,11H2/b20-10-/t13-/m0/s1. The summed E-state index contributed by atoms with van der Waals surface area (Å²) in [4.78, 5) is 27.1. The Balaban J connectivity index is 1.52. The van der Waals surface area contributed by atoms with Gasteiger partial charge in [-0.3, -0.25) is 9.69 Å². The van der Waals surface area contributed by atoms with Crippen molar-refractivity contribution in [2.45, 2.75) is 13.0 Å². The highest BCUT2D eigenvalue weighted by molar-refractivity contribution is 6.04. The number of rotatable bonds is 5. The van der Waals surface area contributed by atoms with Crippen LogP contribution >= 0.6 is 0 Å². The lowest BCUT2D eigenvalue weighted by atomic mass is 10.1. The topological polar surface area (TPSA) is 67.7 Å². The van der Waals surface area contributed by atoms with Crippen molar-refractivity contribution in [1.29, 1.82) is 0 Å². The summed E-state index contributed by atoms with van der Waals surface area (Å²) in [6, 6.07) is 7.67. The molecular formula is C16H15FN4O2. The number of anilines is 1. The Morgan fingerprint density at radius 1 is 1.30 bits per heavy atom. The van der Waals surface area contributed by atoms with Crippen molar-refractivity contribution in [1.82, 2.24) is 9.97 Å². The van der Waals surface area contributed by atoms with E-state index in [2.05, 4.69) is 15.1 Å². The summed E-state index contributed by atoms with van der Waals surface area (Å²) >= 11 is 0. The molecule has 1 amide bonds. The van der Waals surface area contributed by atoms with Gasteiger partial charge in [-0.25, -0.2) is 14.4 Å². The first kappa shape index (κ1) is 15.1. The fourth-order valence-corrected chi connectivity index (χ4v) is 2.28. The van der Waals surface area contributed by atoms with Crippen molar-refractivity contribution in [2.24, 2.45) is 11.1 Å². The number of hydrogen-bond acceptors (Lipinski definition) is 5. The fourth-order valence-electron chi connectivity index (χ4n) is 2.28. The third-order valence-electron chi connectivity index (χ3n) is 3.50. The first-order chi connectivity index (χ1) is 11.2. The summed E-state index contributed by atoms with van der Waals surface area (Å²) in [5.41, 5.74) is 0.806. The van der Waals surface area contributed by atoms with Gasteiger partial charge in [-0.2, -0.15) is 0 Å². The van der Waals surface area contributed by atoms with Crippen LogP contribution in [0.4, 0.5) is 10.3 Å². The van der Waals surface area contributed by atoms with Crippen LogP contribution in [0.3, 0.4) is 0 Å². The van der Waals surface area contributed by atoms with Gasteiger partial charge in [-0.05, 0) is 30.2 Å². The molecule has 0 spiro atoms. The van der Waals surface area contributed by atoms with Gasteiger partial charge < -0.3 is 4.84 Å². The maximum Gasteiger partial charge on any atom is 0.238 e. The van der Waals surface area contributed by atoms with Crippen molar-refractivity contribution < 1.29 is 14.0 Å². The average molecular weight is 314 g/mol. The molecule has 1 atom stereocenters. The molecule has 0 bridgehead atoms. The number of hydrogen-bond donors (Lipinski definition) is 0. The predicted octanol–water partition coefficient (Wildman–Crippen LogP) is 2.17. The Kier molecular flexibility index (Phi) is 4.56. The van der Waals surface area contributed by atoms with Crippen molar-refractivity contribution in [3.63, 3.8) is 0 Å². The molecule has 2 aromatic rings. The lowest BCUT2D eigenvalue weighted by Crippen LogP contribution is -2.29. The normalized spacial score (nSPS) is 17.9. The van der Waals surface area contributed by atoms with Crippen LogP contribution in [0.15, 0.2) is 47.9 Å². The average Bonchev–Trinajstić information content (AvgIpc) is 2.95. The van der Waals surface area contributed by atoms with Crippen molar-refractivity contribution in [3.05, 3.63) is 54.1 Å². The second-order valence-corrected chi connectivity index (χ2v) is 5.09. The van der Waals surface area contributed by atoms with E-state index in [0.717, 1.165) is 5.56 Å². The number of aromatic nitrogens is 2. The van der Waals surface area contributed by atoms with Crippen molar-refractivity contribution >= 4 is 18.1 Å². The Bertz CT molecular complexity index is 691. The van der Waals surface area contributed by atoms with Crippen LogP contribution in [0.2, 0.25) is 0 Å². The smallest absolute Gasteiger partial charge is 0.238 e. The highest BCUT2D eigenvalue weighted by Gasteiger charge is 2.32. The second-order valence-electron chi connectivity index (χ2n) is 5.09. The molecule has 1 aliphatic heterocycles. The minimum absolute atomic E-state index is 0.0923. The number of halogens is 1. The summed E-state index contributed by atoms with van der Waals surface area (Å²) < 4.78 is 12.8. The zero-order valence-electron chi connectivity index (χ0n) is 12.3. The zero-order chi connectivity index (χ0) is 16.1. The van der Waals surface area contributed by atoms with E-state index >= 15 is 0 Å². The first-order valence-corrected chi connectivity index (χ1v) is 7.22. The molecule has 1 fully saturated rings. The number of carbonyl (C=O) groups excluding carboxylic acids is 1. The molecule has 0 N–H and O–H groups in total. The van der Waals surface area contributed by atoms with E-state index in [0.29, 0.717) is 18.9 Å². The number of carbonyl (C=O) groups is 1. The molecule has 1 saturated heterocycles. The van der Waals surface area contributed by atoms with E-state index in [1.807, 2.05) is 0 Å². The lowest BCUT2D eigenvalue weighted by Gasteiger charge is -2.12. The maximum atomic E-state index is 12.8. The van der Waals surface area contributed by atoms with Crippen LogP contribution in [-0.4, -0.2) is 28.6 Å². The Hall–Kier alpha value is -2.83. The molecule has 118 valence electrons. The third-order valence-corrected chi connectivity index (χ3v) is 3.50. The number of oxime groups is 1. The van der Waals surface area contributed by atoms with E-state index < -0.39 is 0 Å². The highest BCUT2D eigenvalue weighted by atomic mass is 19.1. The van der Waals surface area contributed by atoms with Gasteiger partial charge in [0.25, 0.3) is 0 Å². The minimum atomic E-state index is -0.341. The molecule has 0 unspecified atom stereocenters. The van der Waals surface area contributed by atoms with Crippen LogP contribution in [0, 0.1) is 11.7 Å². The Morgan fingerprint density at radius 2 is 2.04 bits per heavy atom. The van der Waals surface area contributed by atoms with Gasteiger partial charge >= 0.3 is 0 Å². The number of nitrogens with zero attached hydrogens (tertiary/aromatic N) is 4.